The molecule has 1 rings (SSSR count). The van der Waals surface area contributed by atoms with Crippen LogP contribution in [0.1, 0.15) is 19.8 Å². The Labute approximate surface area is 108 Å². The van der Waals surface area contributed by atoms with E-state index in [1.54, 1.807) is 4.90 Å². The first-order valence-electron chi connectivity index (χ1n) is 6.61. The zero-order valence-electron chi connectivity index (χ0n) is 11.0. The van der Waals surface area contributed by atoms with E-state index in [9.17, 15) is 9.59 Å². The molecule has 18 heavy (non-hydrogen) atoms. The molecule has 0 spiro atoms. The Balaban J connectivity index is 2.09. The zero-order valence-corrected chi connectivity index (χ0v) is 11.0. The minimum atomic E-state index is -0.507. The maximum absolute atomic E-state index is 11.7. The second-order valence-electron chi connectivity index (χ2n) is 4.26. The number of nitrogens with zero attached hydrogens (tertiary/aromatic N) is 1. The normalized spacial score (nSPS) is 15.5. The van der Waals surface area contributed by atoms with Gasteiger partial charge in [0.1, 0.15) is 0 Å². The van der Waals surface area contributed by atoms with E-state index < -0.39 is 11.8 Å². The van der Waals surface area contributed by atoms with Crippen LogP contribution in [0.2, 0.25) is 0 Å². The lowest BCUT2D eigenvalue weighted by atomic mass is 10.3. The highest BCUT2D eigenvalue weighted by molar-refractivity contribution is 6.35. The van der Waals surface area contributed by atoms with E-state index in [0.717, 1.165) is 32.5 Å². The molecule has 2 amide bonds. The van der Waals surface area contributed by atoms with Gasteiger partial charge in [-0.05, 0) is 12.8 Å². The molecular formula is C12H23N3O3. The van der Waals surface area contributed by atoms with Gasteiger partial charge in [-0.25, -0.2) is 0 Å². The topological polar surface area (TPSA) is 70.7 Å². The molecule has 6 heteroatoms. The molecule has 0 radical (unpaired) electrons. The summed E-state index contributed by atoms with van der Waals surface area (Å²) in [7, 11) is 0. The number of rotatable bonds is 6. The number of hydrogen-bond donors (Lipinski definition) is 2. The Kier molecular flexibility index (Phi) is 7.36. The molecule has 0 saturated carbocycles. The lowest BCUT2D eigenvalue weighted by Gasteiger charge is -2.26. The van der Waals surface area contributed by atoms with Crippen LogP contribution in [0.15, 0.2) is 0 Å². The van der Waals surface area contributed by atoms with Crippen LogP contribution in [-0.4, -0.2) is 62.7 Å². The lowest BCUT2D eigenvalue weighted by molar-refractivity contribution is -0.146. The fourth-order valence-corrected chi connectivity index (χ4v) is 1.71. The smallest absolute Gasteiger partial charge is 0.311 e. The van der Waals surface area contributed by atoms with Crippen LogP contribution in [-0.2, 0) is 14.3 Å². The molecule has 2 N–H and O–H groups in total. The number of amides is 2. The highest BCUT2D eigenvalue weighted by Gasteiger charge is 2.22. The van der Waals surface area contributed by atoms with Gasteiger partial charge in [0.25, 0.3) is 0 Å². The average molecular weight is 257 g/mol. The van der Waals surface area contributed by atoms with Crippen LogP contribution >= 0.6 is 0 Å². The highest BCUT2D eigenvalue weighted by atomic mass is 16.5. The quantitative estimate of drug-likeness (QED) is 0.490. The summed E-state index contributed by atoms with van der Waals surface area (Å²) in [5.41, 5.74) is 0. The van der Waals surface area contributed by atoms with Crippen molar-refractivity contribution in [2.75, 3.05) is 45.9 Å². The summed E-state index contributed by atoms with van der Waals surface area (Å²) >= 11 is 0. The fraction of sp³-hybridized carbons (Fsp3) is 0.833. The van der Waals surface area contributed by atoms with Crippen molar-refractivity contribution >= 4 is 11.8 Å². The number of ether oxygens (including phenoxy) is 1. The van der Waals surface area contributed by atoms with Gasteiger partial charge in [0, 0.05) is 45.9 Å². The first-order valence-corrected chi connectivity index (χ1v) is 6.61. The number of hydrogen-bond acceptors (Lipinski definition) is 4. The first-order chi connectivity index (χ1) is 8.75. The van der Waals surface area contributed by atoms with Crippen molar-refractivity contribution < 1.29 is 14.3 Å². The van der Waals surface area contributed by atoms with Crippen LogP contribution in [0.3, 0.4) is 0 Å². The molecule has 0 aromatic heterocycles. The van der Waals surface area contributed by atoms with Gasteiger partial charge in [0.15, 0.2) is 0 Å². The van der Waals surface area contributed by atoms with Gasteiger partial charge in [-0.3, -0.25) is 9.59 Å². The molecule has 0 unspecified atom stereocenters. The highest BCUT2D eigenvalue weighted by Crippen LogP contribution is 1.93. The standard InChI is InChI=1S/C12H23N3O3/c1-2-9-18-10-3-4-14-11(16)12(17)15-7-5-13-6-8-15/h13H,2-10H2,1H3,(H,14,16). The van der Waals surface area contributed by atoms with Gasteiger partial charge in [-0.1, -0.05) is 6.92 Å². The Hall–Kier alpha value is -1.14. The van der Waals surface area contributed by atoms with Crippen molar-refractivity contribution in [1.29, 1.82) is 0 Å². The predicted octanol–water partition coefficient (Wildman–Crippen LogP) is -0.649. The summed E-state index contributed by atoms with van der Waals surface area (Å²) in [6.07, 6.45) is 1.73. The summed E-state index contributed by atoms with van der Waals surface area (Å²) < 4.78 is 5.29. The molecule has 0 aromatic carbocycles. The summed E-state index contributed by atoms with van der Waals surface area (Å²) in [6, 6.07) is 0. The second-order valence-corrected chi connectivity index (χ2v) is 4.26. The number of piperazine rings is 1. The summed E-state index contributed by atoms with van der Waals surface area (Å²) in [4.78, 5) is 24.9. The summed E-state index contributed by atoms with van der Waals surface area (Å²) in [6.45, 7) is 6.61. The predicted molar refractivity (Wildman–Crippen MR) is 68.2 cm³/mol. The second kappa shape index (κ2) is 8.88. The molecule has 6 nitrogen and oxygen atoms in total. The Morgan fingerprint density at radius 2 is 2.00 bits per heavy atom. The summed E-state index contributed by atoms with van der Waals surface area (Å²) in [5, 5.41) is 5.76. The molecule has 0 bridgehead atoms. The van der Waals surface area contributed by atoms with Gasteiger partial charge in [0.05, 0.1) is 0 Å². The molecule has 104 valence electrons. The van der Waals surface area contributed by atoms with Gasteiger partial charge in [-0.2, -0.15) is 0 Å². The molecule has 1 aliphatic rings. The van der Waals surface area contributed by atoms with E-state index in [4.69, 9.17) is 4.74 Å². The summed E-state index contributed by atoms with van der Waals surface area (Å²) in [5.74, 6) is -0.932. The number of carbonyl (C=O) groups is 2. The molecule has 1 saturated heterocycles. The third-order valence-corrected chi connectivity index (χ3v) is 2.70. The van der Waals surface area contributed by atoms with Crippen LogP contribution in [0.5, 0.6) is 0 Å². The zero-order chi connectivity index (χ0) is 13.2. The molecular weight excluding hydrogens is 234 g/mol. The number of nitrogens with one attached hydrogen (secondary N) is 2. The van der Waals surface area contributed by atoms with Crippen molar-refractivity contribution in [2.45, 2.75) is 19.8 Å². The van der Waals surface area contributed by atoms with E-state index in [1.807, 2.05) is 6.92 Å². The van der Waals surface area contributed by atoms with Crippen molar-refractivity contribution in [2.24, 2.45) is 0 Å². The number of carbonyl (C=O) groups excluding carboxylic acids is 2. The van der Waals surface area contributed by atoms with E-state index in [1.165, 1.54) is 0 Å². The monoisotopic (exact) mass is 257 g/mol. The molecule has 0 aromatic rings. The molecule has 1 heterocycles. The van der Waals surface area contributed by atoms with Crippen LogP contribution in [0, 0.1) is 0 Å². The Bertz CT molecular complexity index is 265. The third-order valence-electron chi connectivity index (χ3n) is 2.70. The van der Waals surface area contributed by atoms with E-state index in [2.05, 4.69) is 10.6 Å². The third kappa shape index (κ3) is 5.46. The van der Waals surface area contributed by atoms with E-state index in [-0.39, 0.29) is 0 Å². The molecule has 1 fully saturated rings. The minimum absolute atomic E-state index is 0.425. The SMILES string of the molecule is CCCOCCCNC(=O)C(=O)N1CCNCC1. The lowest BCUT2D eigenvalue weighted by Crippen LogP contribution is -2.51. The Morgan fingerprint density at radius 3 is 2.67 bits per heavy atom. The van der Waals surface area contributed by atoms with Crippen molar-refractivity contribution in [3.8, 4) is 0 Å². The molecule has 0 aliphatic carbocycles. The maximum Gasteiger partial charge on any atom is 0.311 e. The van der Waals surface area contributed by atoms with Crippen LogP contribution in [0.4, 0.5) is 0 Å². The largest absolute Gasteiger partial charge is 0.381 e. The van der Waals surface area contributed by atoms with Crippen LogP contribution in [0.25, 0.3) is 0 Å². The Morgan fingerprint density at radius 1 is 1.28 bits per heavy atom. The van der Waals surface area contributed by atoms with Gasteiger partial charge >= 0.3 is 11.8 Å². The van der Waals surface area contributed by atoms with E-state index in [0.29, 0.717) is 26.2 Å². The van der Waals surface area contributed by atoms with Gasteiger partial charge in [0.2, 0.25) is 0 Å². The van der Waals surface area contributed by atoms with Crippen molar-refractivity contribution in [3.05, 3.63) is 0 Å². The minimum Gasteiger partial charge on any atom is -0.381 e. The van der Waals surface area contributed by atoms with Crippen molar-refractivity contribution in [1.82, 2.24) is 15.5 Å². The molecule has 1 aliphatic heterocycles. The van der Waals surface area contributed by atoms with E-state index >= 15 is 0 Å². The average Bonchev–Trinajstić information content (AvgIpc) is 2.42. The fourth-order valence-electron chi connectivity index (χ4n) is 1.71. The molecule has 0 atom stereocenters. The van der Waals surface area contributed by atoms with Gasteiger partial charge < -0.3 is 20.3 Å². The van der Waals surface area contributed by atoms with Crippen molar-refractivity contribution in [3.63, 3.8) is 0 Å². The first kappa shape index (κ1) is 14.9. The maximum atomic E-state index is 11.7. The van der Waals surface area contributed by atoms with Gasteiger partial charge in [-0.15, -0.1) is 0 Å². The van der Waals surface area contributed by atoms with Crippen LogP contribution < -0.4 is 10.6 Å².